The maximum absolute atomic E-state index is 12.1. The highest BCUT2D eigenvalue weighted by Gasteiger charge is 2.19. The van der Waals surface area contributed by atoms with Crippen LogP contribution in [0.4, 0.5) is 5.95 Å². The summed E-state index contributed by atoms with van der Waals surface area (Å²) in [4.78, 5) is 36.8. The van der Waals surface area contributed by atoms with E-state index in [0.717, 1.165) is 33.1 Å². The number of carbonyl (C=O) groups excluding carboxylic acids is 2. The quantitative estimate of drug-likeness (QED) is 0.709. The number of thiazole rings is 1. The van der Waals surface area contributed by atoms with Gasteiger partial charge in [-0.2, -0.15) is 0 Å². The number of thioether (sulfide) groups is 1. The summed E-state index contributed by atoms with van der Waals surface area (Å²) in [5.74, 6) is 0.374. The third-order valence-electron chi connectivity index (χ3n) is 3.84. The van der Waals surface area contributed by atoms with Crippen molar-refractivity contribution < 1.29 is 9.59 Å². The maximum atomic E-state index is 12.1. The number of rotatable bonds is 4. The molecule has 1 aliphatic carbocycles. The molecule has 0 aliphatic heterocycles. The van der Waals surface area contributed by atoms with Crippen LogP contribution in [-0.4, -0.2) is 32.4 Å². The molecule has 2 heterocycles. The molecule has 4 rings (SSSR count). The molecule has 0 bridgehead atoms. The lowest BCUT2D eigenvalue weighted by atomic mass is 9.96. The Morgan fingerprint density at radius 1 is 1.24 bits per heavy atom. The average molecular weight is 370 g/mol. The second-order valence-electron chi connectivity index (χ2n) is 5.62. The number of ketones is 1. The summed E-state index contributed by atoms with van der Waals surface area (Å²) in [6.07, 6.45) is 3.59. The molecule has 6 nitrogen and oxygen atoms in total. The highest BCUT2D eigenvalue weighted by atomic mass is 32.2. The number of anilines is 1. The molecule has 1 aromatic carbocycles. The number of nitrogens with one attached hydrogen (secondary N) is 1. The number of amides is 1. The maximum Gasteiger partial charge on any atom is 0.237 e. The molecular formula is C17H14N4O2S2. The standard InChI is InChI=1S/C17H14N4O2S2/c22-13-6-3-5-11-10(13)8-18-16(19-11)21-15(23)9-24-17-20-12-4-1-2-7-14(12)25-17/h1-2,4,7-8H,3,5-6,9H2,(H,18,19,21,23). The van der Waals surface area contributed by atoms with Gasteiger partial charge in [-0.1, -0.05) is 23.9 Å². The Labute approximate surface area is 152 Å². The Morgan fingerprint density at radius 2 is 2.12 bits per heavy atom. The van der Waals surface area contributed by atoms with Crippen LogP contribution >= 0.6 is 23.1 Å². The summed E-state index contributed by atoms with van der Waals surface area (Å²) in [6, 6.07) is 7.89. The van der Waals surface area contributed by atoms with Crippen LogP contribution in [0.1, 0.15) is 28.9 Å². The Balaban J connectivity index is 1.39. The van der Waals surface area contributed by atoms with Crippen molar-refractivity contribution in [1.29, 1.82) is 0 Å². The molecule has 126 valence electrons. The minimum Gasteiger partial charge on any atom is -0.294 e. The van der Waals surface area contributed by atoms with Crippen molar-refractivity contribution in [3.63, 3.8) is 0 Å². The first-order valence-electron chi connectivity index (χ1n) is 7.86. The van der Waals surface area contributed by atoms with E-state index in [-0.39, 0.29) is 23.4 Å². The van der Waals surface area contributed by atoms with Crippen molar-refractivity contribution >= 4 is 51.0 Å². The Bertz CT molecular complexity index is 937. The van der Waals surface area contributed by atoms with Crippen LogP contribution in [0.2, 0.25) is 0 Å². The van der Waals surface area contributed by atoms with Crippen LogP contribution in [0.25, 0.3) is 10.2 Å². The topological polar surface area (TPSA) is 84.8 Å². The second-order valence-corrected chi connectivity index (χ2v) is 7.87. The van der Waals surface area contributed by atoms with E-state index in [1.165, 1.54) is 18.0 Å². The molecule has 1 N–H and O–H groups in total. The molecule has 0 saturated carbocycles. The minimum absolute atomic E-state index is 0.0746. The third-order valence-corrected chi connectivity index (χ3v) is 6.02. The van der Waals surface area contributed by atoms with E-state index in [9.17, 15) is 9.59 Å². The highest BCUT2D eigenvalue weighted by molar-refractivity contribution is 8.01. The Morgan fingerprint density at radius 3 is 3.00 bits per heavy atom. The van der Waals surface area contributed by atoms with Crippen molar-refractivity contribution in [3.05, 3.63) is 41.7 Å². The van der Waals surface area contributed by atoms with E-state index in [2.05, 4.69) is 20.3 Å². The molecule has 8 heteroatoms. The molecular weight excluding hydrogens is 356 g/mol. The van der Waals surface area contributed by atoms with Crippen LogP contribution in [0.15, 0.2) is 34.8 Å². The third kappa shape index (κ3) is 3.54. The molecule has 2 aromatic heterocycles. The van der Waals surface area contributed by atoms with Crippen molar-refractivity contribution in [2.45, 2.75) is 23.6 Å². The first kappa shape index (κ1) is 16.2. The smallest absolute Gasteiger partial charge is 0.237 e. The van der Waals surface area contributed by atoms with Gasteiger partial charge in [0.1, 0.15) is 0 Å². The summed E-state index contributed by atoms with van der Waals surface area (Å²) >= 11 is 2.96. The van der Waals surface area contributed by atoms with Gasteiger partial charge in [0.2, 0.25) is 11.9 Å². The lowest BCUT2D eigenvalue weighted by Crippen LogP contribution is -2.19. The molecule has 1 aliphatic rings. The lowest BCUT2D eigenvalue weighted by Gasteiger charge is -2.13. The van der Waals surface area contributed by atoms with Crippen LogP contribution < -0.4 is 5.32 Å². The van der Waals surface area contributed by atoms with Crippen molar-refractivity contribution in [2.24, 2.45) is 0 Å². The van der Waals surface area contributed by atoms with Crippen LogP contribution in [0.3, 0.4) is 0 Å². The van der Waals surface area contributed by atoms with E-state index in [1.807, 2.05) is 24.3 Å². The largest absolute Gasteiger partial charge is 0.294 e. The van der Waals surface area contributed by atoms with Crippen LogP contribution in [0.5, 0.6) is 0 Å². The number of hydrogen-bond acceptors (Lipinski definition) is 7. The molecule has 0 unspecified atom stereocenters. The predicted octanol–water partition coefficient (Wildman–Crippen LogP) is 3.34. The number of nitrogens with zero attached hydrogens (tertiary/aromatic N) is 3. The Kier molecular flexibility index (Phi) is 4.46. The Hall–Kier alpha value is -2.32. The van der Waals surface area contributed by atoms with E-state index in [0.29, 0.717) is 12.0 Å². The number of aryl methyl sites for hydroxylation is 1. The van der Waals surface area contributed by atoms with Crippen LogP contribution in [0, 0.1) is 0 Å². The SMILES string of the molecule is O=C(CSc1nc2ccccc2s1)Nc1ncc2c(n1)CCCC2=O. The fraction of sp³-hybridized carbons (Fsp3) is 0.235. The number of para-hydroxylation sites is 1. The van der Waals surface area contributed by atoms with E-state index < -0.39 is 0 Å². The number of aromatic nitrogens is 3. The van der Waals surface area contributed by atoms with Gasteiger partial charge in [0.15, 0.2) is 10.1 Å². The molecule has 0 fully saturated rings. The minimum atomic E-state index is -0.189. The number of carbonyl (C=O) groups is 2. The summed E-state index contributed by atoms with van der Waals surface area (Å²) < 4.78 is 1.96. The van der Waals surface area contributed by atoms with Crippen LogP contribution in [-0.2, 0) is 11.2 Å². The van der Waals surface area contributed by atoms with Gasteiger partial charge in [0.25, 0.3) is 0 Å². The lowest BCUT2D eigenvalue weighted by molar-refractivity contribution is -0.113. The predicted molar refractivity (Wildman–Crippen MR) is 98.3 cm³/mol. The number of fused-ring (bicyclic) bond motifs is 2. The molecule has 0 saturated heterocycles. The molecule has 25 heavy (non-hydrogen) atoms. The fourth-order valence-electron chi connectivity index (χ4n) is 2.65. The molecule has 0 radical (unpaired) electrons. The van der Waals surface area contributed by atoms with Crippen molar-refractivity contribution in [2.75, 3.05) is 11.1 Å². The zero-order valence-electron chi connectivity index (χ0n) is 13.2. The average Bonchev–Trinajstić information content (AvgIpc) is 3.03. The normalized spacial score (nSPS) is 13.7. The number of benzene rings is 1. The van der Waals surface area contributed by atoms with Gasteiger partial charge >= 0.3 is 0 Å². The summed E-state index contributed by atoms with van der Waals surface area (Å²) in [6.45, 7) is 0. The number of hydrogen-bond donors (Lipinski definition) is 1. The molecule has 0 spiro atoms. The number of Topliss-reactive ketones (excluding diaryl/α,β-unsaturated/α-hetero) is 1. The van der Waals surface area contributed by atoms with Gasteiger partial charge in [0.05, 0.1) is 27.2 Å². The van der Waals surface area contributed by atoms with Gasteiger partial charge in [0, 0.05) is 12.6 Å². The van der Waals surface area contributed by atoms with Gasteiger partial charge in [-0.25, -0.2) is 15.0 Å². The molecule has 1 amide bonds. The molecule has 3 aromatic rings. The molecule has 0 atom stereocenters. The summed E-state index contributed by atoms with van der Waals surface area (Å²) in [7, 11) is 0. The zero-order chi connectivity index (χ0) is 17.2. The van der Waals surface area contributed by atoms with Gasteiger partial charge in [-0.05, 0) is 25.0 Å². The summed E-state index contributed by atoms with van der Waals surface area (Å²) in [5.41, 5.74) is 2.24. The van der Waals surface area contributed by atoms with E-state index in [1.54, 1.807) is 11.3 Å². The van der Waals surface area contributed by atoms with Gasteiger partial charge < -0.3 is 0 Å². The first-order valence-corrected chi connectivity index (χ1v) is 9.66. The van der Waals surface area contributed by atoms with Crippen molar-refractivity contribution in [1.82, 2.24) is 15.0 Å². The second kappa shape index (κ2) is 6.89. The van der Waals surface area contributed by atoms with Gasteiger partial charge in [-0.15, -0.1) is 11.3 Å². The fourth-order valence-corrected chi connectivity index (χ4v) is 4.52. The van der Waals surface area contributed by atoms with E-state index in [4.69, 9.17) is 0 Å². The monoisotopic (exact) mass is 370 g/mol. The van der Waals surface area contributed by atoms with E-state index >= 15 is 0 Å². The zero-order valence-corrected chi connectivity index (χ0v) is 14.8. The summed E-state index contributed by atoms with van der Waals surface area (Å²) in [5, 5.41) is 2.69. The van der Waals surface area contributed by atoms with Gasteiger partial charge in [-0.3, -0.25) is 14.9 Å². The highest BCUT2D eigenvalue weighted by Crippen LogP contribution is 2.29. The van der Waals surface area contributed by atoms with Crippen molar-refractivity contribution in [3.8, 4) is 0 Å². The first-order chi connectivity index (χ1) is 12.2.